The number of aromatic nitrogens is 1. The lowest BCUT2D eigenvalue weighted by Crippen LogP contribution is -2.26. The van der Waals surface area contributed by atoms with Gasteiger partial charge in [-0.2, -0.15) is 0 Å². The van der Waals surface area contributed by atoms with Crippen LogP contribution in [0.5, 0.6) is 0 Å². The molecule has 1 aromatic heterocycles. The number of nitrogens with two attached hydrogens (primary N) is 1. The minimum absolute atomic E-state index is 0.244. The lowest BCUT2D eigenvalue weighted by molar-refractivity contribution is -0.137. The summed E-state index contributed by atoms with van der Waals surface area (Å²) in [6.07, 6.45) is 2.25. The van der Waals surface area contributed by atoms with Gasteiger partial charge in [-0.25, -0.2) is 0 Å². The van der Waals surface area contributed by atoms with Crippen LogP contribution < -0.4 is 5.73 Å². The highest BCUT2D eigenvalue weighted by Gasteiger charge is 2.19. The van der Waals surface area contributed by atoms with Crippen LogP contribution in [0.1, 0.15) is 11.3 Å². The Morgan fingerprint density at radius 2 is 2.47 bits per heavy atom. The van der Waals surface area contributed by atoms with Crippen LogP contribution in [0.15, 0.2) is 18.3 Å². The fourth-order valence-corrected chi connectivity index (χ4v) is 1.49. The molecule has 0 radical (unpaired) electrons. The van der Waals surface area contributed by atoms with Crippen LogP contribution >= 0.6 is 12.9 Å². The predicted octanol–water partition coefficient (Wildman–Crippen LogP) is 0.895. The van der Waals surface area contributed by atoms with E-state index in [1.165, 1.54) is 0 Å². The van der Waals surface area contributed by atoms with E-state index in [0.29, 0.717) is 6.42 Å². The molecule has 0 bridgehead atoms. The minimum Gasteiger partial charge on any atom is -0.394 e. The number of pyridine rings is 1. The van der Waals surface area contributed by atoms with E-state index in [2.05, 4.69) is 22.1 Å². The molecule has 0 aliphatic rings. The molecule has 0 aromatic carbocycles. The Labute approximate surface area is 94.5 Å². The van der Waals surface area contributed by atoms with E-state index in [0.717, 1.165) is 11.3 Å². The van der Waals surface area contributed by atoms with Gasteiger partial charge in [-0.3, -0.25) is 9.78 Å². The zero-order valence-electron chi connectivity index (χ0n) is 8.51. The summed E-state index contributed by atoms with van der Waals surface area (Å²) in [7, 11) is 0. The second kappa shape index (κ2) is 5.72. The number of thiol groups is 1. The Hall–Kier alpha value is -1.07. The third-order valence-corrected chi connectivity index (χ3v) is 2.47. The van der Waals surface area contributed by atoms with Crippen molar-refractivity contribution in [3.63, 3.8) is 0 Å². The molecule has 0 fully saturated rings. The van der Waals surface area contributed by atoms with Crippen molar-refractivity contribution in [2.75, 3.05) is 6.54 Å². The van der Waals surface area contributed by atoms with E-state index in [1.807, 2.05) is 19.1 Å². The highest BCUT2D eigenvalue weighted by Crippen LogP contribution is 2.12. The maximum atomic E-state index is 11.3. The first kappa shape index (κ1) is 12.0. The van der Waals surface area contributed by atoms with E-state index in [4.69, 9.17) is 5.73 Å². The van der Waals surface area contributed by atoms with Gasteiger partial charge < -0.3 is 9.92 Å². The van der Waals surface area contributed by atoms with Gasteiger partial charge in [0.1, 0.15) is 0 Å². The molecule has 0 spiro atoms. The van der Waals surface area contributed by atoms with Crippen molar-refractivity contribution in [1.29, 1.82) is 0 Å². The minimum atomic E-state index is -0.399. The van der Waals surface area contributed by atoms with Crippen molar-refractivity contribution in [2.45, 2.75) is 13.3 Å². The Morgan fingerprint density at radius 3 is 3.00 bits per heavy atom. The van der Waals surface area contributed by atoms with E-state index in [-0.39, 0.29) is 12.5 Å². The molecule has 1 atom stereocenters. The number of carbonyl (C=O) groups excluding carboxylic acids is 1. The molecule has 4 nitrogen and oxygen atoms in total. The van der Waals surface area contributed by atoms with E-state index < -0.39 is 5.97 Å². The van der Waals surface area contributed by atoms with Crippen LogP contribution in [0.25, 0.3) is 0 Å². The number of hydrogen-bond acceptors (Lipinski definition) is 5. The average Bonchev–Trinajstić information content (AvgIpc) is 2.27. The van der Waals surface area contributed by atoms with Gasteiger partial charge >= 0.3 is 5.97 Å². The summed E-state index contributed by atoms with van der Waals surface area (Å²) in [5.41, 5.74) is 7.40. The number of rotatable bonds is 4. The molecule has 0 amide bonds. The zero-order valence-corrected chi connectivity index (χ0v) is 9.41. The van der Waals surface area contributed by atoms with Gasteiger partial charge in [-0.1, -0.05) is 6.07 Å². The van der Waals surface area contributed by atoms with Crippen molar-refractivity contribution in [3.05, 3.63) is 29.6 Å². The second-order valence-electron chi connectivity index (χ2n) is 3.30. The first-order valence-electron chi connectivity index (χ1n) is 4.64. The molecular formula is C10H14N2O2S. The van der Waals surface area contributed by atoms with Crippen LogP contribution in [0.4, 0.5) is 0 Å². The largest absolute Gasteiger partial charge is 0.394 e. The normalized spacial score (nSPS) is 12.2. The van der Waals surface area contributed by atoms with E-state index >= 15 is 0 Å². The highest BCUT2D eigenvalue weighted by molar-refractivity contribution is 7.75. The number of carbonyl (C=O) groups is 1. The third-order valence-electron chi connectivity index (χ3n) is 2.29. The summed E-state index contributed by atoms with van der Waals surface area (Å²) in [6.45, 7) is 2.14. The highest BCUT2D eigenvalue weighted by atomic mass is 32.1. The van der Waals surface area contributed by atoms with Crippen molar-refractivity contribution in [1.82, 2.24) is 4.98 Å². The fourth-order valence-electron chi connectivity index (χ4n) is 1.34. The van der Waals surface area contributed by atoms with Crippen LogP contribution in [0.3, 0.4) is 0 Å². The molecule has 0 saturated carbocycles. The molecule has 2 N–H and O–H groups in total. The van der Waals surface area contributed by atoms with Crippen molar-refractivity contribution >= 4 is 18.9 Å². The Balaban J connectivity index is 2.75. The predicted molar refractivity (Wildman–Crippen MR) is 60.3 cm³/mol. The van der Waals surface area contributed by atoms with Gasteiger partial charge in [0.25, 0.3) is 0 Å². The molecule has 15 heavy (non-hydrogen) atoms. The van der Waals surface area contributed by atoms with E-state index in [9.17, 15) is 4.79 Å². The summed E-state index contributed by atoms with van der Waals surface area (Å²) >= 11 is 3.48. The summed E-state index contributed by atoms with van der Waals surface area (Å²) in [5, 5.41) is 0. The van der Waals surface area contributed by atoms with Crippen LogP contribution in [0.2, 0.25) is 0 Å². The SMILES string of the molecule is Cc1ncccc1CC(CN)C(=O)OS. The van der Waals surface area contributed by atoms with Gasteiger partial charge in [0.15, 0.2) is 0 Å². The van der Waals surface area contributed by atoms with Gasteiger partial charge in [0.05, 0.1) is 5.92 Å². The number of nitrogens with zero attached hydrogens (tertiary/aromatic N) is 1. The summed E-state index contributed by atoms with van der Waals surface area (Å²) in [6, 6.07) is 3.76. The molecule has 82 valence electrons. The molecule has 1 aromatic rings. The monoisotopic (exact) mass is 226 g/mol. The lowest BCUT2D eigenvalue weighted by atomic mass is 9.99. The summed E-state index contributed by atoms with van der Waals surface area (Å²) in [5.74, 6) is -0.755. The Kier molecular flexibility index (Phi) is 4.58. The topological polar surface area (TPSA) is 65.2 Å². The van der Waals surface area contributed by atoms with Gasteiger partial charge in [-0.15, -0.1) is 0 Å². The van der Waals surface area contributed by atoms with Gasteiger partial charge in [0.2, 0.25) is 0 Å². The van der Waals surface area contributed by atoms with Crippen molar-refractivity contribution < 1.29 is 8.98 Å². The standard InChI is InChI=1S/C10H14N2O2S/c1-7-8(3-2-4-12-7)5-9(6-11)10(13)14-15/h2-4,9,15H,5-6,11H2,1H3. The van der Waals surface area contributed by atoms with Crippen molar-refractivity contribution in [3.8, 4) is 0 Å². The summed E-state index contributed by atoms with van der Waals surface area (Å²) in [4.78, 5) is 15.4. The number of hydrogen-bond donors (Lipinski definition) is 2. The molecular weight excluding hydrogens is 212 g/mol. The quantitative estimate of drug-likeness (QED) is 0.591. The fraction of sp³-hybridized carbons (Fsp3) is 0.400. The smallest absolute Gasteiger partial charge is 0.322 e. The van der Waals surface area contributed by atoms with Crippen molar-refractivity contribution in [2.24, 2.45) is 11.7 Å². The molecule has 0 aliphatic carbocycles. The van der Waals surface area contributed by atoms with Crippen LogP contribution in [0, 0.1) is 12.8 Å². The zero-order chi connectivity index (χ0) is 11.3. The summed E-state index contributed by atoms with van der Waals surface area (Å²) < 4.78 is 4.37. The molecule has 5 heteroatoms. The maximum Gasteiger partial charge on any atom is 0.322 e. The third kappa shape index (κ3) is 3.21. The molecule has 1 rings (SSSR count). The lowest BCUT2D eigenvalue weighted by Gasteiger charge is -2.12. The first-order chi connectivity index (χ1) is 7.19. The maximum absolute atomic E-state index is 11.3. The van der Waals surface area contributed by atoms with Gasteiger partial charge in [0, 0.05) is 31.3 Å². The second-order valence-corrected chi connectivity index (χ2v) is 3.48. The van der Waals surface area contributed by atoms with Crippen LogP contribution in [-0.4, -0.2) is 17.5 Å². The van der Waals surface area contributed by atoms with Crippen LogP contribution in [-0.2, 0) is 15.4 Å². The number of aryl methyl sites for hydroxylation is 1. The van der Waals surface area contributed by atoms with E-state index in [1.54, 1.807) is 6.20 Å². The molecule has 0 aliphatic heterocycles. The van der Waals surface area contributed by atoms with Gasteiger partial charge in [-0.05, 0) is 25.0 Å². The average molecular weight is 226 g/mol. The molecule has 0 saturated heterocycles. The molecule has 1 unspecified atom stereocenters. The molecule has 1 heterocycles. The Morgan fingerprint density at radius 1 is 1.73 bits per heavy atom. The Bertz CT molecular complexity index is 344. The first-order valence-corrected chi connectivity index (χ1v) is 5.01.